The third-order valence-corrected chi connectivity index (χ3v) is 5.75. The molecule has 1 heterocycles. The molecule has 3 nitrogen and oxygen atoms in total. The molecule has 8 heteroatoms. The molecule has 1 aromatic carbocycles. The molecule has 0 amide bonds. The second-order valence-electron chi connectivity index (χ2n) is 6.64. The fraction of sp³-hybridized carbons (Fsp3) is 0.500. The second-order valence-corrected chi connectivity index (χ2v) is 9.42. The van der Waals surface area contributed by atoms with E-state index >= 15 is 0 Å². The summed E-state index contributed by atoms with van der Waals surface area (Å²) in [4.78, 5) is 0.499. The van der Waals surface area contributed by atoms with Crippen LogP contribution in [0.1, 0.15) is 51.0 Å². The number of thiophene rings is 1. The van der Waals surface area contributed by atoms with Crippen molar-refractivity contribution in [2.24, 2.45) is 0 Å². The highest BCUT2D eigenvalue weighted by Gasteiger charge is 2.48. The van der Waals surface area contributed by atoms with Gasteiger partial charge in [-0.1, -0.05) is 40.7 Å². The van der Waals surface area contributed by atoms with E-state index in [0.29, 0.717) is 9.58 Å². The van der Waals surface area contributed by atoms with Crippen molar-refractivity contribution in [2.75, 3.05) is 0 Å². The fourth-order valence-corrected chi connectivity index (χ4v) is 4.39. The van der Waals surface area contributed by atoms with Crippen LogP contribution < -0.4 is 12.6 Å². The molecule has 0 bridgehead atoms. The van der Waals surface area contributed by atoms with Gasteiger partial charge in [0, 0.05) is 23.4 Å². The van der Waals surface area contributed by atoms with E-state index in [1.807, 2.05) is 46.8 Å². The minimum atomic E-state index is -4.20. The van der Waals surface area contributed by atoms with E-state index < -0.39 is 30.8 Å². The van der Waals surface area contributed by atoms with E-state index in [0.717, 1.165) is 10.9 Å². The van der Waals surface area contributed by atoms with Crippen LogP contribution in [0.25, 0.3) is 10.1 Å². The van der Waals surface area contributed by atoms with E-state index in [4.69, 9.17) is 12.6 Å². The SMILES string of the molecule is CC(C)c1cc2ccc(C(C)(C)C)cc2[s+]1C(F)(F)F.[O-][Br+2]([O-])[O-]. The number of hydrogen-bond donors (Lipinski definition) is 0. The fourth-order valence-electron chi connectivity index (χ4n) is 2.30. The normalized spacial score (nSPS) is 13.5. The molecule has 0 aliphatic carbocycles. The summed E-state index contributed by atoms with van der Waals surface area (Å²) in [6.45, 7) is 9.72. The summed E-state index contributed by atoms with van der Waals surface area (Å²) in [5, 5.41) is 0.724. The first-order chi connectivity index (χ1) is 10.7. The van der Waals surface area contributed by atoms with E-state index in [2.05, 4.69) is 0 Å². The lowest BCUT2D eigenvalue weighted by molar-refractivity contribution is -1.73. The van der Waals surface area contributed by atoms with Crippen molar-refractivity contribution in [3.63, 3.8) is 0 Å². The molecule has 0 fully saturated rings. The summed E-state index contributed by atoms with van der Waals surface area (Å²) in [6, 6.07) is 7.24. The van der Waals surface area contributed by atoms with E-state index in [-0.39, 0.29) is 11.3 Å². The van der Waals surface area contributed by atoms with Crippen molar-refractivity contribution in [1.29, 1.82) is 0 Å². The summed E-state index contributed by atoms with van der Waals surface area (Å²) in [5.41, 5.74) is -3.38. The van der Waals surface area contributed by atoms with Crippen LogP contribution in [-0.2, 0) is 10.9 Å². The Bertz CT molecular complexity index is 685. The van der Waals surface area contributed by atoms with E-state index in [1.165, 1.54) is 0 Å². The molecule has 0 saturated carbocycles. The maximum Gasteiger partial charge on any atom is 0.600 e. The molecule has 1 unspecified atom stereocenters. The number of rotatable bonds is 1. The van der Waals surface area contributed by atoms with Gasteiger partial charge >= 0.3 is 5.51 Å². The van der Waals surface area contributed by atoms with Gasteiger partial charge in [-0.15, -0.1) is 13.2 Å². The van der Waals surface area contributed by atoms with Crippen LogP contribution in [0, 0.1) is 14.8 Å². The Morgan fingerprint density at radius 2 is 1.50 bits per heavy atom. The summed E-state index contributed by atoms with van der Waals surface area (Å²) in [5.74, 6) is -0.0922. The van der Waals surface area contributed by atoms with Gasteiger partial charge in [-0.3, -0.25) is 0 Å². The van der Waals surface area contributed by atoms with Crippen molar-refractivity contribution in [3.8, 4) is 0 Å². The Balaban J connectivity index is 0.000000648. The van der Waals surface area contributed by atoms with Crippen molar-refractivity contribution in [2.45, 2.75) is 51.5 Å². The lowest BCUT2D eigenvalue weighted by Gasteiger charge is -2.18. The summed E-state index contributed by atoms with van der Waals surface area (Å²) in [6.07, 6.45) is 0. The topological polar surface area (TPSA) is 69.2 Å². The molecule has 0 N–H and O–H groups in total. The van der Waals surface area contributed by atoms with Crippen LogP contribution >= 0.6 is 10.5 Å². The number of halogens is 4. The largest absolute Gasteiger partial charge is 0.600 e. The van der Waals surface area contributed by atoms with E-state index in [9.17, 15) is 13.2 Å². The number of benzene rings is 1. The maximum atomic E-state index is 13.4. The number of alkyl halides is 3. The molecule has 2 aromatic rings. The van der Waals surface area contributed by atoms with Crippen molar-refractivity contribution in [3.05, 3.63) is 34.7 Å². The molecule has 0 radical (unpaired) electrons. The Labute approximate surface area is 147 Å². The third kappa shape index (κ3) is 5.42. The maximum absolute atomic E-state index is 13.4. The smallest absolute Gasteiger partial charge is 0.405 e. The van der Waals surface area contributed by atoms with Crippen molar-refractivity contribution in [1.82, 2.24) is 0 Å². The zero-order chi connectivity index (χ0) is 18.9. The Kier molecular flexibility index (Phi) is 6.85. The Hall–Kier alpha value is -0.670. The standard InChI is InChI=1S/C16H20F3S.BrO3/c1-10(2)13-8-11-6-7-12(15(3,4)5)9-14(11)20(13)16(17,18)19;2-1(3)4/h6-10H,1-5H3;/q+1;-1. The average Bonchev–Trinajstić information content (AvgIpc) is 2.74. The zero-order valence-corrected chi connectivity index (χ0v) is 16.4. The molecule has 0 spiro atoms. The van der Waals surface area contributed by atoms with Crippen LogP contribution in [0.2, 0.25) is 0 Å². The van der Waals surface area contributed by atoms with Crippen LogP contribution in [0.5, 0.6) is 0 Å². The van der Waals surface area contributed by atoms with Crippen LogP contribution in [0.15, 0.2) is 24.3 Å². The van der Waals surface area contributed by atoms with Gasteiger partial charge < -0.3 is 12.6 Å². The molecule has 0 saturated heterocycles. The highest BCUT2D eigenvalue weighted by molar-refractivity contribution is 7.38. The van der Waals surface area contributed by atoms with Gasteiger partial charge in [0.25, 0.3) is 0 Å². The first kappa shape index (κ1) is 21.4. The minimum absolute atomic E-state index is 0.0922. The van der Waals surface area contributed by atoms with Gasteiger partial charge in [-0.25, -0.2) is 0 Å². The van der Waals surface area contributed by atoms with Gasteiger partial charge in [0.05, 0.1) is 10.5 Å². The number of fused-ring (bicyclic) bond motifs is 1. The molecule has 0 aliphatic heterocycles. The third-order valence-electron chi connectivity index (χ3n) is 3.43. The molecule has 0 aliphatic rings. The van der Waals surface area contributed by atoms with Gasteiger partial charge in [0.1, 0.15) is 0 Å². The molecule has 24 heavy (non-hydrogen) atoms. The Morgan fingerprint density at radius 3 is 1.88 bits per heavy atom. The predicted molar refractivity (Wildman–Crippen MR) is 80.5 cm³/mol. The molecule has 1 atom stereocenters. The highest BCUT2D eigenvalue weighted by atomic mass is 80.0. The monoisotopic (exact) mass is 428 g/mol. The molecular weight excluding hydrogens is 409 g/mol. The highest BCUT2D eigenvalue weighted by Crippen LogP contribution is 2.53. The lowest BCUT2D eigenvalue weighted by atomic mass is 9.87. The molecular formula is C16H20BrF3O3S. The summed E-state index contributed by atoms with van der Waals surface area (Å²) >= 11 is -3.65. The van der Waals surface area contributed by atoms with Crippen LogP contribution in [-0.4, -0.2) is 0 Å². The quantitative estimate of drug-likeness (QED) is 0.655. The summed E-state index contributed by atoms with van der Waals surface area (Å²) in [7, 11) is -1.77. The van der Waals surface area contributed by atoms with Crippen molar-refractivity contribution >= 4 is 20.6 Å². The van der Waals surface area contributed by atoms with Gasteiger partial charge in [-0.2, -0.15) is 0 Å². The van der Waals surface area contributed by atoms with Gasteiger partial charge in [-0.05, 0) is 17.0 Å². The van der Waals surface area contributed by atoms with E-state index in [1.54, 1.807) is 12.1 Å². The predicted octanol–water partition coefficient (Wildman–Crippen LogP) is 2.92. The average molecular weight is 429 g/mol. The zero-order valence-electron chi connectivity index (χ0n) is 14.0. The van der Waals surface area contributed by atoms with Crippen LogP contribution in [0.3, 0.4) is 0 Å². The first-order valence-corrected chi connectivity index (χ1v) is 10.3. The Morgan fingerprint density at radius 1 is 1.00 bits per heavy atom. The molecule has 1 aromatic heterocycles. The van der Waals surface area contributed by atoms with Crippen molar-refractivity contribution < 1.29 is 40.6 Å². The van der Waals surface area contributed by atoms with Crippen LogP contribution in [0.4, 0.5) is 13.2 Å². The van der Waals surface area contributed by atoms with Gasteiger partial charge in [0.15, 0.2) is 9.58 Å². The molecule has 2 rings (SSSR count). The lowest BCUT2D eigenvalue weighted by Crippen LogP contribution is -2.42. The first-order valence-electron chi connectivity index (χ1n) is 7.15. The minimum Gasteiger partial charge on any atom is -0.405 e. The van der Waals surface area contributed by atoms with Gasteiger partial charge in [0.2, 0.25) is 14.8 Å². The second kappa shape index (κ2) is 7.70. The number of hydrogen-bond acceptors (Lipinski definition) is 3. The molecule has 136 valence electrons. The summed E-state index contributed by atoms with van der Waals surface area (Å²) < 4.78 is 66.3.